The van der Waals surface area contributed by atoms with Gasteiger partial charge in [-0.15, -0.1) is 0 Å². The minimum absolute atomic E-state index is 0.0137. The van der Waals surface area contributed by atoms with Gasteiger partial charge in [-0.25, -0.2) is 9.50 Å². The average Bonchev–Trinajstić information content (AvgIpc) is 3.37. The van der Waals surface area contributed by atoms with Crippen LogP contribution in [0.15, 0.2) is 12.1 Å². The van der Waals surface area contributed by atoms with Crippen molar-refractivity contribution in [2.45, 2.75) is 69.5 Å². The van der Waals surface area contributed by atoms with Crippen LogP contribution in [0.1, 0.15) is 79.2 Å². The Morgan fingerprint density at radius 3 is 2.38 bits per heavy atom. The Morgan fingerprint density at radius 2 is 1.77 bits per heavy atom. The van der Waals surface area contributed by atoms with Crippen molar-refractivity contribution in [1.82, 2.24) is 19.9 Å². The Labute approximate surface area is 149 Å². The highest BCUT2D eigenvalue weighted by molar-refractivity contribution is 5.93. The first kappa shape index (κ1) is 17.3. The van der Waals surface area contributed by atoms with Crippen LogP contribution in [0, 0.1) is 0 Å². The molecular formula is C18H21F3N4O. The fourth-order valence-corrected chi connectivity index (χ4v) is 3.58. The molecule has 1 amide bonds. The molecule has 2 heterocycles. The molecule has 0 aromatic carbocycles. The molecule has 0 spiro atoms. The Hall–Kier alpha value is -2.12. The van der Waals surface area contributed by atoms with E-state index in [4.69, 9.17) is 0 Å². The highest BCUT2D eigenvalue weighted by Crippen LogP contribution is 2.41. The van der Waals surface area contributed by atoms with Crippen molar-refractivity contribution < 1.29 is 18.0 Å². The molecule has 2 aromatic heterocycles. The summed E-state index contributed by atoms with van der Waals surface area (Å²) in [5.74, 6) is -0.345. The van der Waals surface area contributed by atoms with Gasteiger partial charge in [0.15, 0.2) is 11.3 Å². The molecular weight excluding hydrogens is 345 g/mol. The molecule has 1 N–H and O–H groups in total. The van der Waals surface area contributed by atoms with Crippen LogP contribution in [0.5, 0.6) is 0 Å². The molecule has 2 aliphatic rings. The number of nitrogens with one attached hydrogen (secondary N) is 1. The third kappa shape index (κ3) is 3.54. The quantitative estimate of drug-likeness (QED) is 0.833. The highest BCUT2D eigenvalue weighted by atomic mass is 19.4. The summed E-state index contributed by atoms with van der Waals surface area (Å²) in [5.41, 5.74) is -0.383. The lowest BCUT2D eigenvalue weighted by atomic mass is 10.1. The third-order valence-corrected chi connectivity index (χ3v) is 5.16. The molecule has 2 saturated carbocycles. The number of carbonyl (C=O) groups is 1. The van der Waals surface area contributed by atoms with Gasteiger partial charge in [-0.3, -0.25) is 4.79 Å². The molecule has 4 rings (SSSR count). The van der Waals surface area contributed by atoms with Crippen LogP contribution in [0.4, 0.5) is 13.2 Å². The largest absolute Gasteiger partial charge is 0.433 e. The summed E-state index contributed by atoms with van der Waals surface area (Å²) < 4.78 is 41.0. The fourth-order valence-electron chi connectivity index (χ4n) is 3.58. The second kappa shape index (κ2) is 6.55. The number of halogens is 3. The van der Waals surface area contributed by atoms with Crippen molar-refractivity contribution in [3.05, 3.63) is 29.2 Å². The Bertz CT molecular complexity index is 818. The Kier molecular flexibility index (Phi) is 4.36. The van der Waals surface area contributed by atoms with E-state index in [2.05, 4.69) is 15.4 Å². The zero-order chi connectivity index (χ0) is 18.3. The molecule has 2 aliphatic carbocycles. The molecule has 2 aromatic rings. The summed E-state index contributed by atoms with van der Waals surface area (Å²) in [6.07, 6.45) is 3.38. The van der Waals surface area contributed by atoms with Crippen LogP contribution in [0.25, 0.3) is 5.65 Å². The van der Waals surface area contributed by atoms with E-state index >= 15 is 0 Å². The number of rotatable bonds is 3. The summed E-state index contributed by atoms with van der Waals surface area (Å²) in [7, 11) is 0. The van der Waals surface area contributed by atoms with Gasteiger partial charge in [0.2, 0.25) is 0 Å². The minimum atomic E-state index is -4.55. The number of alkyl halides is 3. The predicted molar refractivity (Wildman–Crippen MR) is 88.9 cm³/mol. The molecule has 0 atom stereocenters. The smallest absolute Gasteiger partial charge is 0.348 e. The zero-order valence-corrected chi connectivity index (χ0v) is 14.4. The van der Waals surface area contributed by atoms with Gasteiger partial charge >= 0.3 is 6.18 Å². The summed E-state index contributed by atoms with van der Waals surface area (Å²) in [5, 5.41) is 6.83. The van der Waals surface area contributed by atoms with Gasteiger partial charge in [-0.2, -0.15) is 18.3 Å². The van der Waals surface area contributed by atoms with Crippen molar-refractivity contribution in [2.75, 3.05) is 0 Å². The van der Waals surface area contributed by atoms with Gasteiger partial charge in [0, 0.05) is 23.7 Å². The lowest BCUT2D eigenvalue weighted by molar-refractivity contribution is -0.142. The topological polar surface area (TPSA) is 59.3 Å². The number of aromatic nitrogens is 3. The molecule has 26 heavy (non-hydrogen) atoms. The van der Waals surface area contributed by atoms with Crippen LogP contribution in [0.3, 0.4) is 0 Å². The van der Waals surface area contributed by atoms with Crippen LogP contribution in [-0.4, -0.2) is 26.5 Å². The number of hydrogen-bond acceptors (Lipinski definition) is 3. The van der Waals surface area contributed by atoms with Crippen LogP contribution >= 0.6 is 0 Å². The molecule has 0 unspecified atom stereocenters. The van der Waals surface area contributed by atoms with Gasteiger partial charge in [0.05, 0.1) is 0 Å². The van der Waals surface area contributed by atoms with E-state index in [9.17, 15) is 18.0 Å². The molecule has 0 radical (unpaired) electrons. The second-order valence-electron chi connectivity index (χ2n) is 7.30. The van der Waals surface area contributed by atoms with E-state index in [1.807, 2.05) is 0 Å². The Balaban J connectivity index is 1.64. The van der Waals surface area contributed by atoms with E-state index in [1.165, 1.54) is 6.07 Å². The first-order valence-electron chi connectivity index (χ1n) is 9.20. The number of amides is 1. The molecule has 8 heteroatoms. The molecule has 0 aliphatic heterocycles. The maximum Gasteiger partial charge on any atom is 0.433 e. The maximum absolute atomic E-state index is 13.4. The van der Waals surface area contributed by atoms with Crippen LogP contribution in [0.2, 0.25) is 0 Å². The number of hydrogen-bond donors (Lipinski definition) is 1. The molecule has 0 saturated heterocycles. The molecule has 140 valence electrons. The first-order chi connectivity index (χ1) is 12.4. The van der Waals surface area contributed by atoms with Gasteiger partial charge in [0.25, 0.3) is 5.91 Å². The van der Waals surface area contributed by atoms with Crippen LogP contribution < -0.4 is 5.32 Å². The fraction of sp³-hybridized carbons (Fsp3) is 0.611. The van der Waals surface area contributed by atoms with E-state index in [0.29, 0.717) is 5.69 Å². The van der Waals surface area contributed by atoms with E-state index < -0.39 is 17.8 Å². The maximum atomic E-state index is 13.4. The van der Waals surface area contributed by atoms with Crippen LogP contribution in [-0.2, 0) is 6.18 Å². The summed E-state index contributed by atoms with van der Waals surface area (Å²) in [6.45, 7) is 0. The summed E-state index contributed by atoms with van der Waals surface area (Å²) >= 11 is 0. The normalized spacial score (nSPS) is 19.5. The third-order valence-electron chi connectivity index (χ3n) is 5.16. The van der Waals surface area contributed by atoms with Gasteiger partial charge in [0.1, 0.15) is 5.69 Å². The number of fused-ring (bicyclic) bond motifs is 1. The zero-order valence-electron chi connectivity index (χ0n) is 14.4. The lowest BCUT2D eigenvalue weighted by Gasteiger charge is -2.15. The minimum Gasteiger partial charge on any atom is -0.348 e. The summed E-state index contributed by atoms with van der Waals surface area (Å²) in [4.78, 5) is 16.8. The van der Waals surface area contributed by atoms with Gasteiger partial charge < -0.3 is 5.32 Å². The molecule has 5 nitrogen and oxygen atoms in total. The monoisotopic (exact) mass is 366 g/mol. The number of carbonyl (C=O) groups excluding carboxylic acids is 1. The molecule has 2 fully saturated rings. The van der Waals surface area contributed by atoms with E-state index in [1.54, 1.807) is 0 Å². The molecule has 0 bridgehead atoms. The van der Waals surface area contributed by atoms with Gasteiger partial charge in [-0.05, 0) is 31.7 Å². The van der Waals surface area contributed by atoms with Crippen molar-refractivity contribution in [3.8, 4) is 0 Å². The SMILES string of the molecule is O=C(NC1CCCCCC1)c1cc2nc(C3CC3)cc(C(F)(F)F)n2n1. The number of nitrogens with zero attached hydrogens (tertiary/aromatic N) is 3. The summed E-state index contributed by atoms with van der Waals surface area (Å²) in [6, 6.07) is 2.48. The van der Waals surface area contributed by atoms with Crippen molar-refractivity contribution in [3.63, 3.8) is 0 Å². The standard InChI is InChI=1S/C18H21F3N4O/c19-18(20,21)15-9-13(11-7-8-11)23-16-10-14(24-25(15)16)17(26)22-12-5-3-1-2-4-6-12/h9-12H,1-8H2,(H,22,26). The average molecular weight is 366 g/mol. The van der Waals surface area contributed by atoms with Crippen molar-refractivity contribution in [1.29, 1.82) is 0 Å². The second-order valence-corrected chi connectivity index (χ2v) is 7.30. The highest BCUT2D eigenvalue weighted by Gasteiger charge is 2.37. The van der Waals surface area contributed by atoms with Gasteiger partial charge in [-0.1, -0.05) is 25.7 Å². The van der Waals surface area contributed by atoms with E-state index in [0.717, 1.165) is 61.9 Å². The van der Waals surface area contributed by atoms with E-state index in [-0.39, 0.29) is 23.3 Å². The predicted octanol–water partition coefficient (Wildman–Crippen LogP) is 4.08. The first-order valence-corrected chi connectivity index (χ1v) is 9.20. The van der Waals surface area contributed by atoms with Crippen molar-refractivity contribution in [2.24, 2.45) is 0 Å². The lowest BCUT2D eigenvalue weighted by Crippen LogP contribution is -2.34. The Morgan fingerprint density at radius 1 is 1.08 bits per heavy atom. The van der Waals surface area contributed by atoms with Crippen molar-refractivity contribution >= 4 is 11.6 Å².